The van der Waals surface area contributed by atoms with Crippen LogP contribution >= 0.6 is 11.6 Å². The predicted octanol–water partition coefficient (Wildman–Crippen LogP) is 3.59. The summed E-state index contributed by atoms with van der Waals surface area (Å²) < 4.78 is 17.9. The van der Waals surface area contributed by atoms with Crippen LogP contribution in [0.25, 0.3) is 0 Å². The molecule has 0 saturated heterocycles. The zero-order chi connectivity index (χ0) is 14.5. The van der Waals surface area contributed by atoms with Crippen molar-refractivity contribution in [2.24, 2.45) is 0 Å². The standard InChI is InChI=1S/C14H15ClFN3O/c1-9(10-3-5-11(16)6-4-10)17-13-7-12(15)18-14(19-13)8-20-2/h3-7,9H,8H2,1-2H3,(H,17,18,19). The number of halogens is 2. The van der Waals surface area contributed by atoms with E-state index in [9.17, 15) is 4.39 Å². The van der Waals surface area contributed by atoms with Crippen molar-refractivity contribution < 1.29 is 9.13 Å². The maximum atomic E-state index is 12.9. The van der Waals surface area contributed by atoms with Crippen LogP contribution in [0.4, 0.5) is 10.2 Å². The highest BCUT2D eigenvalue weighted by molar-refractivity contribution is 6.29. The van der Waals surface area contributed by atoms with Gasteiger partial charge in [-0.15, -0.1) is 0 Å². The molecule has 1 atom stereocenters. The molecule has 0 fully saturated rings. The molecule has 0 amide bonds. The Morgan fingerprint density at radius 1 is 1.30 bits per heavy atom. The molecule has 0 bridgehead atoms. The van der Waals surface area contributed by atoms with Gasteiger partial charge in [-0.1, -0.05) is 23.7 Å². The normalized spacial score (nSPS) is 12.2. The quantitative estimate of drug-likeness (QED) is 0.856. The fourth-order valence-corrected chi connectivity index (χ4v) is 1.99. The first-order valence-electron chi connectivity index (χ1n) is 6.13. The average Bonchev–Trinajstić information content (AvgIpc) is 2.39. The summed E-state index contributed by atoms with van der Waals surface area (Å²) in [6.45, 7) is 2.25. The third-order valence-electron chi connectivity index (χ3n) is 2.75. The number of hydrogen-bond donors (Lipinski definition) is 1. The van der Waals surface area contributed by atoms with Crippen molar-refractivity contribution in [1.82, 2.24) is 9.97 Å². The largest absolute Gasteiger partial charge is 0.377 e. The van der Waals surface area contributed by atoms with Gasteiger partial charge in [-0.05, 0) is 24.6 Å². The molecular formula is C14H15ClFN3O. The van der Waals surface area contributed by atoms with Gasteiger partial charge in [0.25, 0.3) is 0 Å². The summed E-state index contributed by atoms with van der Waals surface area (Å²) >= 11 is 5.94. The van der Waals surface area contributed by atoms with Crippen molar-refractivity contribution in [3.8, 4) is 0 Å². The van der Waals surface area contributed by atoms with Crippen molar-refractivity contribution in [2.75, 3.05) is 12.4 Å². The number of benzene rings is 1. The molecule has 1 heterocycles. The lowest BCUT2D eigenvalue weighted by atomic mass is 10.1. The Balaban J connectivity index is 2.14. The highest BCUT2D eigenvalue weighted by atomic mass is 35.5. The Morgan fingerprint density at radius 2 is 2.00 bits per heavy atom. The highest BCUT2D eigenvalue weighted by Crippen LogP contribution is 2.20. The van der Waals surface area contributed by atoms with Crippen LogP contribution in [0.5, 0.6) is 0 Å². The highest BCUT2D eigenvalue weighted by Gasteiger charge is 2.09. The van der Waals surface area contributed by atoms with E-state index in [1.807, 2.05) is 6.92 Å². The van der Waals surface area contributed by atoms with Gasteiger partial charge in [0, 0.05) is 19.2 Å². The molecule has 6 heteroatoms. The van der Waals surface area contributed by atoms with Gasteiger partial charge in [0.05, 0.1) is 0 Å². The van der Waals surface area contributed by atoms with Gasteiger partial charge < -0.3 is 10.1 Å². The first-order chi connectivity index (χ1) is 9.58. The Hall–Kier alpha value is -1.72. The van der Waals surface area contributed by atoms with E-state index in [-0.39, 0.29) is 11.9 Å². The molecule has 0 radical (unpaired) electrons. The van der Waals surface area contributed by atoms with Crippen LogP contribution in [0.3, 0.4) is 0 Å². The zero-order valence-electron chi connectivity index (χ0n) is 11.2. The van der Waals surface area contributed by atoms with E-state index in [1.165, 1.54) is 12.1 Å². The minimum Gasteiger partial charge on any atom is -0.377 e. The third-order valence-corrected chi connectivity index (χ3v) is 2.94. The monoisotopic (exact) mass is 295 g/mol. The molecule has 0 saturated carbocycles. The van der Waals surface area contributed by atoms with E-state index in [1.54, 1.807) is 25.3 Å². The molecule has 106 valence electrons. The van der Waals surface area contributed by atoms with E-state index in [0.717, 1.165) is 5.56 Å². The number of ether oxygens (including phenoxy) is 1. The summed E-state index contributed by atoms with van der Waals surface area (Å²) in [6, 6.07) is 7.92. The van der Waals surface area contributed by atoms with Crippen molar-refractivity contribution in [2.45, 2.75) is 19.6 Å². The second-order valence-corrected chi connectivity index (χ2v) is 4.73. The van der Waals surface area contributed by atoms with Crippen LogP contribution in [0.2, 0.25) is 5.15 Å². The molecule has 0 aliphatic carbocycles. The molecule has 20 heavy (non-hydrogen) atoms. The lowest BCUT2D eigenvalue weighted by molar-refractivity contribution is 0.178. The minimum absolute atomic E-state index is 0.0306. The van der Waals surface area contributed by atoms with E-state index < -0.39 is 0 Å². The molecule has 0 aliphatic rings. The molecular weight excluding hydrogens is 281 g/mol. The van der Waals surface area contributed by atoms with Crippen molar-refractivity contribution >= 4 is 17.4 Å². The summed E-state index contributed by atoms with van der Waals surface area (Å²) in [5, 5.41) is 3.55. The van der Waals surface area contributed by atoms with Crippen LogP contribution in [-0.4, -0.2) is 17.1 Å². The van der Waals surface area contributed by atoms with Crippen molar-refractivity contribution in [1.29, 1.82) is 0 Å². The minimum atomic E-state index is -0.256. The summed E-state index contributed by atoms with van der Waals surface area (Å²) in [5.74, 6) is 0.857. The molecule has 2 rings (SSSR count). The van der Waals surface area contributed by atoms with Gasteiger partial charge in [0.1, 0.15) is 23.4 Å². The molecule has 1 aromatic heterocycles. The number of aromatic nitrogens is 2. The second kappa shape index (κ2) is 6.63. The number of hydrogen-bond acceptors (Lipinski definition) is 4. The number of anilines is 1. The Morgan fingerprint density at radius 3 is 2.65 bits per heavy atom. The van der Waals surface area contributed by atoms with Crippen molar-refractivity contribution in [3.05, 3.63) is 52.7 Å². The second-order valence-electron chi connectivity index (χ2n) is 4.34. The number of nitrogens with zero attached hydrogens (tertiary/aromatic N) is 2. The Kier molecular flexibility index (Phi) is 4.87. The first kappa shape index (κ1) is 14.7. The van der Waals surface area contributed by atoms with E-state index in [2.05, 4.69) is 15.3 Å². The number of rotatable bonds is 5. The summed E-state index contributed by atoms with van der Waals surface area (Å²) in [5.41, 5.74) is 0.953. The van der Waals surface area contributed by atoms with E-state index >= 15 is 0 Å². The van der Waals surface area contributed by atoms with Crippen LogP contribution < -0.4 is 5.32 Å². The van der Waals surface area contributed by atoms with Crippen LogP contribution in [-0.2, 0) is 11.3 Å². The maximum absolute atomic E-state index is 12.9. The topological polar surface area (TPSA) is 47.0 Å². The lowest BCUT2D eigenvalue weighted by Crippen LogP contribution is -2.10. The predicted molar refractivity (Wildman–Crippen MR) is 76.2 cm³/mol. The van der Waals surface area contributed by atoms with Crippen LogP contribution in [0.1, 0.15) is 24.4 Å². The Labute approximate surface area is 122 Å². The van der Waals surface area contributed by atoms with Gasteiger partial charge in [0.2, 0.25) is 0 Å². The van der Waals surface area contributed by atoms with Gasteiger partial charge in [-0.25, -0.2) is 14.4 Å². The van der Waals surface area contributed by atoms with Crippen LogP contribution in [0.15, 0.2) is 30.3 Å². The van der Waals surface area contributed by atoms with E-state index in [4.69, 9.17) is 16.3 Å². The smallest absolute Gasteiger partial charge is 0.158 e. The van der Waals surface area contributed by atoms with Crippen LogP contribution in [0, 0.1) is 5.82 Å². The molecule has 0 spiro atoms. The fourth-order valence-electron chi connectivity index (χ4n) is 1.79. The SMILES string of the molecule is COCc1nc(Cl)cc(NC(C)c2ccc(F)cc2)n1. The van der Waals surface area contributed by atoms with Gasteiger partial charge in [0.15, 0.2) is 5.82 Å². The fraction of sp³-hybridized carbons (Fsp3) is 0.286. The molecule has 0 aliphatic heterocycles. The van der Waals surface area contributed by atoms with Gasteiger partial charge >= 0.3 is 0 Å². The van der Waals surface area contributed by atoms with Gasteiger partial charge in [-0.2, -0.15) is 0 Å². The summed E-state index contributed by atoms with van der Waals surface area (Å²) in [7, 11) is 1.57. The van der Waals surface area contributed by atoms with Crippen molar-refractivity contribution in [3.63, 3.8) is 0 Å². The summed E-state index contributed by atoms with van der Waals surface area (Å²) in [6.07, 6.45) is 0. The third kappa shape index (κ3) is 3.88. The Bertz CT molecular complexity index is 577. The number of methoxy groups -OCH3 is 1. The lowest BCUT2D eigenvalue weighted by Gasteiger charge is -2.15. The van der Waals surface area contributed by atoms with Gasteiger partial charge in [-0.3, -0.25) is 0 Å². The summed E-state index contributed by atoms with van der Waals surface area (Å²) in [4.78, 5) is 8.36. The molecule has 4 nitrogen and oxygen atoms in total. The number of nitrogens with one attached hydrogen (secondary N) is 1. The average molecular weight is 296 g/mol. The molecule has 1 aromatic carbocycles. The maximum Gasteiger partial charge on any atom is 0.158 e. The first-order valence-corrected chi connectivity index (χ1v) is 6.50. The molecule has 1 unspecified atom stereocenters. The van der Waals surface area contributed by atoms with E-state index in [0.29, 0.717) is 23.4 Å². The molecule has 2 aromatic rings. The zero-order valence-corrected chi connectivity index (χ0v) is 12.0. The molecule has 1 N–H and O–H groups in total.